The van der Waals surface area contributed by atoms with Crippen LogP contribution >= 0.6 is 11.3 Å². The molecule has 0 bridgehead atoms. The standard InChI is InChI=1S/C22H20N2O5S/c1-12-3-5-16(21(27)20(12)26)22(28)29-10-19(25)24-8-7-15-9-14(4-6-18(15)24)17-11-30-13(2)23-17/h3-6,9,11,26-27H,7-8,10H2,1-2H3. The molecule has 30 heavy (non-hydrogen) atoms. The minimum Gasteiger partial charge on any atom is -0.504 e. The molecule has 1 aliphatic rings. The van der Waals surface area contributed by atoms with Gasteiger partial charge in [0, 0.05) is 23.2 Å². The molecule has 0 radical (unpaired) electrons. The van der Waals surface area contributed by atoms with Crippen molar-refractivity contribution in [3.8, 4) is 22.8 Å². The maximum atomic E-state index is 12.6. The number of phenolic OH excluding ortho intramolecular Hbond substituents is 2. The summed E-state index contributed by atoms with van der Waals surface area (Å²) in [6.07, 6.45) is 0.707. The van der Waals surface area contributed by atoms with Crippen LogP contribution in [0.4, 0.5) is 5.69 Å². The molecule has 0 spiro atoms. The molecule has 1 amide bonds. The van der Waals surface area contributed by atoms with Crippen molar-refractivity contribution in [2.75, 3.05) is 18.1 Å². The summed E-state index contributed by atoms with van der Waals surface area (Å²) in [4.78, 5) is 30.9. The number of carbonyl (C=O) groups is 2. The number of phenols is 2. The van der Waals surface area contributed by atoms with E-state index in [1.54, 1.807) is 23.2 Å². The number of hydrogen-bond acceptors (Lipinski definition) is 7. The molecule has 154 valence electrons. The Bertz CT molecular complexity index is 1150. The van der Waals surface area contributed by atoms with Gasteiger partial charge in [-0.05, 0) is 49.6 Å². The summed E-state index contributed by atoms with van der Waals surface area (Å²) < 4.78 is 5.08. The molecule has 1 aliphatic heterocycles. The topological polar surface area (TPSA) is 100.0 Å². The van der Waals surface area contributed by atoms with E-state index < -0.39 is 18.3 Å². The summed E-state index contributed by atoms with van der Waals surface area (Å²) in [7, 11) is 0. The van der Waals surface area contributed by atoms with Gasteiger partial charge in [0.1, 0.15) is 5.56 Å². The van der Waals surface area contributed by atoms with E-state index in [0.717, 1.165) is 27.5 Å². The Kier molecular flexibility index (Phi) is 5.17. The number of aromatic nitrogens is 1. The summed E-state index contributed by atoms with van der Waals surface area (Å²) in [5, 5.41) is 22.7. The Morgan fingerprint density at radius 1 is 1.17 bits per heavy atom. The zero-order chi connectivity index (χ0) is 21.4. The van der Waals surface area contributed by atoms with E-state index in [1.165, 1.54) is 12.1 Å². The second-order valence-corrected chi connectivity index (χ2v) is 8.16. The maximum absolute atomic E-state index is 12.6. The average molecular weight is 424 g/mol. The first-order valence-corrected chi connectivity index (χ1v) is 10.3. The molecule has 4 rings (SSSR count). The fourth-order valence-corrected chi connectivity index (χ4v) is 4.07. The predicted molar refractivity (Wildman–Crippen MR) is 113 cm³/mol. The Morgan fingerprint density at radius 3 is 2.70 bits per heavy atom. The summed E-state index contributed by atoms with van der Waals surface area (Å²) >= 11 is 1.59. The highest BCUT2D eigenvalue weighted by atomic mass is 32.1. The van der Waals surface area contributed by atoms with E-state index in [9.17, 15) is 19.8 Å². The van der Waals surface area contributed by atoms with E-state index in [2.05, 4.69) is 4.98 Å². The van der Waals surface area contributed by atoms with Crippen molar-refractivity contribution >= 4 is 28.9 Å². The number of rotatable bonds is 4. The van der Waals surface area contributed by atoms with Gasteiger partial charge in [-0.1, -0.05) is 12.1 Å². The van der Waals surface area contributed by atoms with Crippen LogP contribution in [-0.4, -0.2) is 40.2 Å². The number of ether oxygens (including phenoxy) is 1. The van der Waals surface area contributed by atoms with Gasteiger partial charge in [-0.25, -0.2) is 9.78 Å². The molecule has 7 nitrogen and oxygen atoms in total. The van der Waals surface area contributed by atoms with Crippen LogP contribution in [0.3, 0.4) is 0 Å². The molecule has 3 aromatic rings. The molecular formula is C22H20N2O5S. The SMILES string of the molecule is Cc1nc(-c2ccc3c(c2)CCN3C(=O)COC(=O)c2ccc(C)c(O)c2O)cs1. The average Bonchev–Trinajstić information content (AvgIpc) is 3.36. The number of benzene rings is 2. The lowest BCUT2D eigenvalue weighted by atomic mass is 10.1. The number of hydrogen-bond donors (Lipinski definition) is 2. The number of nitrogens with zero attached hydrogens (tertiary/aromatic N) is 2. The molecule has 1 aromatic heterocycles. The molecule has 0 unspecified atom stereocenters. The number of fused-ring (bicyclic) bond motifs is 1. The highest BCUT2D eigenvalue weighted by Crippen LogP contribution is 2.34. The number of anilines is 1. The summed E-state index contributed by atoms with van der Waals surface area (Å²) in [6.45, 7) is 3.60. The molecule has 0 saturated carbocycles. The van der Waals surface area contributed by atoms with Gasteiger partial charge in [0.15, 0.2) is 18.1 Å². The molecule has 0 atom stereocenters. The first-order chi connectivity index (χ1) is 14.3. The summed E-state index contributed by atoms with van der Waals surface area (Å²) in [5.74, 6) is -2.15. The molecular weight excluding hydrogens is 404 g/mol. The smallest absolute Gasteiger partial charge is 0.342 e. The largest absolute Gasteiger partial charge is 0.504 e. The highest BCUT2D eigenvalue weighted by molar-refractivity contribution is 7.09. The van der Waals surface area contributed by atoms with E-state index in [-0.39, 0.29) is 17.2 Å². The quantitative estimate of drug-likeness (QED) is 0.491. The Labute approximate surface area is 177 Å². The van der Waals surface area contributed by atoms with E-state index in [1.807, 2.05) is 30.5 Å². The zero-order valence-corrected chi connectivity index (χ0v) is 17.3. The number of aromatic hydroxyl groups is 2. The third-order valence-electron chi connectivity index (χ3n) is 5.09. The third kappa shape index (κ3) is 3.61. The maximum Gasteiger partial charge on any atom is 0.342 e. The predicted octanol–water partition coefficient (Wildman–Crippen LogP) is 3.58. The summed E-state index contributed by atoms with van der Waals surface area (Å²) in [5.41, 5.74) is 4.01. The van der Waals surface area contributed by atoms with Gasteiger partial charge in [0.25, 0.3) is 5.91 Å². The Balaban J connectivity index is 1.45. The lowest BCUT2D eigenvalue weighted by Gasteiger charge is -2.17. The van der Waals surface area contributed by atoms with E-state index in [0.29, 0.717) is 18.5 Å². The molecule has 2 aromatic carbocycles. The summed E-state index contributed by atoms with van der Waals surface area (Å²) in [6, 6.07) is 8.69. The van der Waals surface area contributed by atoms with Gasteiger partial charge >= 0.3 is 5.97 Å². The fourth-order valence-electron chi connectivity index (χ4n) is 3.44. The monoisotopic (exact) mass is 424 g/mol. The van der Waals surface area contributed by atoms with Crippen LogP contribution in [0.1, 0.15) is 26.5 Å². The van der Waals surface area contributed by atoms with E-state index in [4.69, 9.17) is 4.74 Å². The molecule has 0 saturated heterocycles. The molecule has 0 fully saturated rings. The van der Waals surface area contributed by atoms with E-state index >= 15 is 0 Å². The molecule has 2 heterocycles. The Hall–Kier alpha value is -3.39. The van der Waals surface area contributed by atoms with Crippen LogP contribution in [0.5, 0.6) is 11.5 Å². The second kappa shape index (κ2) is 7.79. The number of amides is 1. The van der Waals surface area contributed by atoms with Crippen molar-refractivity contribution in [2.24, 2.45) is 0 Å². The van der Waals surface area contributed by atoms with Gasteiger partial charge < -0.3 is 19.8 Å². The van der Waals surface area contributed by atoms with Crippen LogP contribution in [-0.2, 0) is 16.0 Å². The molecule has 8 heteroatoms. The fraction of sp³-hybridized carbons (Fsp3) is 0.227. The van der Waals surface area contributed by atoms with Crippen LogP contribution in [0.15, 0.2) is 35.7 Å². The molecule has 0 aliphatic carbocycles. The minimum atomic E-state index is -0.871. The van der Waals surface area contributed by atoms with Crippen molar-refractivity contribution in [1.29, 1.82) is 0 Å². The van der Waals surface area contributed by atoms with Crippen LogP contribution in [0, 0.1) is 13.8 Å². The van der Waals surface area contributed by atoms with Crippen molar-refractivity contribution in [2.45, 2.75) is 20.3 Å². The van der Waals surface area contributed by atoms with Gasteiger partial charge in [0.2, 0.25) is 0 Å². The van der Waals surface area contributed by atoms with Crippen LogP contribution in [0.2, 0.25) is 0 Å². The number of esters is 1. The number of carbonyl (C=O) groups excluding carboxylic acids is 2. The molecule has 2 N–H and O–H groups in total. The van der Waals surface area contributed by atoms with Crippen molar-refractivity contribution in [3.63, 3.8) is 0 Å². The third-order valence-corrected chi connectivity index (χ3v) is 5.86. The zero-order valence-electron chi connectivity index (χ0n) is 16.5. The van der Waals surface area contributed by atoms with Crippen molar-refractivity contribution in [3.05, 3.63) is 57.4 Å². The number of thiazole rings is 1. The first kappa shape index (κ1) is 19.9. The van der Waals surface area contributed by atoms with Gasteiger partial charge in [-0.3, -0.25) is 4.79 Å². The normalized spacial score (nSPS) is 12.7. The Morgan fingerprint density at radius 2 is 1.97 bits per heavy atom. The van der Waals surface area contributed by atoms with Gasteiger partial charge in [-0.2, -0.15) is 0 Å². The lowest BCUT2D eigenvalue weighted by molar-refractivity contribution is -0.121. The second-order valence-electron chi connectivity index (χ2n) is 7.09. The highest BCUT2D eigenvalue weighted by Gasteiger charge is 2.27. The van der Waals surface area contributed by atoms with Crippen molar-refractivity contribution in [1.82, 2.24) is 4.98 Å². The first-order valence-electron chi connectivity index (χ1n) is 9.39. The van der Waals surface area contributed by atoms with Gasteiger partial charge in [0.05, 0.1) is 10.7 Å². The van der Waals surface area contributed by atoms with Crippen LogP contribution < -0.4 is 4.90 Å². The lowest BCUT2D eigenvalue weighted by Crippen LogP contribution is -2.33. The number of aryl methyl sites for hydroxylation is 2. The van der Waals surface area contributed by atoms with Gasteiger partial charge in [-0.15, -0.1) is 11.3 Å². The van der Waals surface area contributed by atoms with Crippen molar-refractivity contribution < 1.29 is 24.5 Å². The van der Waals surface area contributed by atoms with Crippen LogP contribution in [0.25, 0.3) is 11.3 Å². The minimum absolute atomic E-state index is 0.184.